The lowest BCUT2D eigenvalue weighted by molar-refractivity contribution is -0.121. The number of furan rings is 1. The van der Waals surface area contributed by atoms with Crippen LogP contribution in [0.25, 0.3) is 0 Å². The number of carbonyl (C=O) groups excluding carboxylic acids is 2. The Morgan fingerprint density at radius 3 is 2.81 bits per heavy atom. The van der Waals surface area contributed by atoms with Crippen LogP contribution in [0.3, 0.4) is 0 Å². The number of aliphatic hydroxyl groups excluding tert-OH is 1. The number of rotatable bonds is 9. The lowest BCUT2D eigenvalue weighted by atomic mass is 10.3. The molecule has 0 aliphatic rings. The number of nitrogens with zero attached hydrogens (tertiary/aromatic N) is 1. The summed E-state index contributed by atoms with van der Waals surface area (Å²) >= 11 is 0. The molecule has 0 saturated heterocycles. The minimum atomic E-state index is -0.559. The van der Waals surface area contributed by atoms with Crippen LogP contribution in [-0.2, 0) is 11.3 Å². The van der Waals surface area contributed by atoms with Crippen LogP contribution in [0.5, 0.6) is 0 Å². The topological polar surface area (TPSA) is 94.8 Å². The number of hydrogen-bond acceptors (Lipinski definition) is 5. The highest BCUT2D eigenvalue weighted by atomic mass is 16.3. The van der Waals surface area contributed by atoms with Crippen molar-refractivity contribution in [2.45, 2.75) is 26.3 Å². The molecule has 0 atom stereocenters. The van der Waals surface area contributed by atoms with E-state index in [1.165, 1.54) is 6.26 Å². The molecule has 1 rings (SSSR count). The van der Waals surface area contributed by atoms with E-state index in [9.17, 15) is 9.59 Å². The highest BCUT2D eigenvalue weighted by Crippen LogP contribution is 1.98. The zero-order valence-corrected chi connectivity index (χ0v) is 12.3. The maximum atomic E-state index is 11.7. The minimum absolute atomic E-state index is 0.0122. The second-order valence-electron chi connectivity index (χ2n) is 4.66. The molecular weight excluding hydrogens is 274 g/mol. The molecule has 0 aliphatic carbocycles. The number of carbonyl (C=O) groups is 2. The molecule has 3 amide bonds. The van der Waals surface area contributed by atoms with Crippen molar-refractivity contribution in [3.05, 3.63) is 24.2 Å². The summed E-state index contributed by atoms with van der Waals surface area (Å²) in [5, 5.41) is 13.7. The number of nitrogens with one attached hydrogen (secondary N) is 2. The maximum absolute atomic E-state index is 11.7. The van der Waals surface area contributed by atoms with E-state index in [1.54, 1.807) is 12.1 Å². The molecule has 118 valence electrons. The normalized spacial score (nSPS) is 10.6. The van der Waals surface area contributed by atoms with Gasteiger partial charge in [0.1, 0.15) is 5.76 Å². The highest BCUT2D eigenvalue weighted by molar-refractivity contribution is 5.95. The number of amides is 3. The fourth-order valence-electron chi connectivity index (χ4n) is 1.79. The van der Waals surface area contributed by atoms with E-state index in [0.717, 1.165) is 19.4 Å². The predicted molar refractivity (Wildman–Crippen MR) is 77.5 cm³/mol. The first-order valence-electron chi connectivity index (χ1n) is 7.09. The molecule has 0 aliphatic heterocycles. The lowest BCUT2D eigenvalue weighted by Gasteiger charge is -2.20. The summed E-state index contributed by atoms with van der Waals surface area (Å²) < 4.78 is 5.07. The van der Waals surface area contributed by atoms with Crippen LogP contribution in [0.15, 0.2) is 22.8 Å². The minimum Gasteiger partial charge on any atom is -0.467 e. The van der Waals surface area contributed by atoms with Crippen LogP contribution in [-0.4, -0.2) is 48.2 Å². The number of imide groups is 1. The number of urea groups is 1. The Balaban J connectivity index is 2.28. The van der Waals surface area contributed by atoms with Gasteiger partial charge in [-0.2, -0.15) is 0 Å². The molecule has 1 heterocycles. The van der Waals surface area contributed by atoms with Crippen molar-refractivity contribution < 1.29 is 19.1 Å². The Hall–Kier alpha value is -1.86. The molecule has 7 nitrogen and oxygen atoms in total. The largest absolute Gasteiger partial charge is 0.467 e. The lowest BCUT2D eigenvalue weighted by Crippen LogP contribution is -2.45. The van der Waals surface area contributed by atoms with Crippen molar-refractivity contribution in [2.24, 2.45) is 0 Å². The zero-order chi connectivity index (χ0) is 15.5. The number of unbranched alkanes of at least 4 members (excludes halogenated alkanes) is 1. The number of aliphatic hydroxyl groups is 1. The molecule has 0 radical (unpaired) electrons. The molecule has 1 aromatic heterocycles. The average molecular weight is 297 g/mol. The fourth-order valence-corrected chi connectivity index (χ4v) is 1.79. The summed E-state index contributed by atoms with van der Waals surface area (Å²) in [4.78, 5) is 25.1. The second-order valence-corrected chi connectivity index (χ2v) is 4.66. The summed E-state index contributed by atoms with van der Waals surface area (Å²) in [6.07, 6.45) is 3.46. The average Bonchev–Trinajstić information content (AvgIpc) is 2.96. The van der Waals surface area contributed by atoms with Crippen LogP contribution in [0.4, 0.5) is 4.79 Å². The van der Waals surface area contributed by atoms with Crippen LogP contribution in [0.1, 0.15) is 25.5 Å². The van der Waals surface area contributed by atoms with E-state index in [1.807, 2.05) is 4.90 Å². The quantitative estimate of drug-likeness (QED) is 0.623. The van der Waals surface area contributed by atoms with E-state index < -0.39 is 11.9 Å². The molecule has 0 unspecified atom stereocenters. The van der Waals surface area contributed by atoms with Gasteiger partial charge in [-0.15, -0.1) is 0 Å². The van der Waals surface area contributed by atoms with Crippen molar-refractivity contribution in [2.75, 3.05) is 26.2 Å². The van der Waals surface area contributed by atoms with Crippen molar-refractivity contribution in [1.29, 1.82) is 0 Å². The van der Waals surface area contributed by atoms with Gasteiger partial charge in [0.25, 0.3) is 0 Å². The van der Waals surface area contributed by atoms with Crippen LogP contribution >= 0.6 is 0 Å². The van der Waals surface area contributed by atoms with Crippen LogP contribution in [0.2, 0.25) is 0 Å². The highest BCUT2D eigenvalue weighted by Gasteiger charge is 2.12. The van der Waals surface area contributed by atoms with Crippen molar-refractivity contribution in [3.8, 4) is 0 Å². The van der Waals surface area contributed by atoms with Gasteiger partial charge in [0, 0.05) is 6.54 Å². The van der Waals surface area contributed by atoms with Crippen molar-refractivity contribution in [1.82, 2.24) is 15.5 Å². The van der Waals surface area contributed by atoms with Gasteiger partial charge in [0.2, 0.25) is 5.91 Å². The summed E-state index contributed by atoms with van der Waals surface area (Å²) in [7, 11) is 0. The van der Waals surface area contributed by atoms with Gasteiger partial charge in [-0.05, 0) is 25.1 Å². The summed E-state index contributed by atoms with van der Waals surface area (Å²) in [6, 6.07) is 2.90. The maximum Gasteiger partial charge on any atom is 0.321 e. The Labute approximate surface area is 124 Å². The third-order valence-electron chi connectivity index (χ3n) is 2.87. The first kappa shape index (κ1) is 17.2. The fraction of sp³-hybridized carbons (Fsp3) is 0.571. The number of hydrogen-bond donors (Lipinski definition) is 3. The van der Waals surface area contributed by atoms with E-state index in [2.05, 4.69) is 17.6 Å². The summed E-state index contributed by atoms with van der Waals surface area (Å²) in [6.45, 7) is 3.50. The predicted octanol–water partition coefficient (Wildman–Crippen LogP) is 0.700. The van der Waals surface area contributed by atoms with Crippen LogP contribution < -0.4 is 10.6 Å². The molecule has 0 saturated carbocycles. The van der Waals surface area contributed by atoms with Gasteiger partial charge in [0.05, 0.1) is 26.0 Å². The van der Waals surface area contributed by atoms with Crippen molar-refractivity contribution in [3.63, 3.8) is 0 Å². The molecule has 21 heavy (non-hydrogen) atoms. The SMILES string of the molecule is CCCCN(CCO)CC(=O)NC(=O)NCc1ccco1. The Morgan fingerprint density at radius 1 is 1.38 bits per heavy atom. The molecule has 0 fully saturated rings. The molecule has 0 aromatic carbocycles. The standard InChI is InChI=1S/C14H23N3O4/c1-2-3-6-17(7-8-18)11-13(19)16-14(20)15-10-12-5-4-9-21-12/h4-5,9,18H,2-3,6-8,10-11H2,1H3,(H2,15,16,19,20). The molecule has 7 heteroatoms. The van der Waals surface area contributed by atoms with Gasteiger partial charge >= 0.3 is 6.03 Å². The van der Waals surface area contributed by atoms with E-state index in [-0.39, 0.29) is 19.7 Å². The zero-order valence-electron chi connectivity index (χ0n) is 12.3. The van der Waals surface area contributed by atoms with Gasteiger partial charge < -0.3 is 14.8 Å². The van der Waals surface area contributed by atoms with Gasteiger partial charge in [0.15, 0.2) is 0 Å². The first-order valence-corrected chi connectivity index (χ1v) is 7.09. The van der Waals surface area contributed by atoms with Gasteiger partial charge in [-0.3, -0.25) is 15.0 Å². The Morgan fingerprint density at radius 2 is 2.19 bits per heavy atom. The van der Waals surface area contributed by atoms with Gasteiger partial charge in [-0.1, -0.05) is 13.3 Å². The molecule has 1 aromatic rings. The monoisotopic (exact) mass is 297 g/mol. The van der Waals surface area contributed by atoms with E-state index in [4.69, 9.17) is 9.52 Å². The van der Waals surface area contributed by atoms with Crippen LogP contribution in [0, 0.1) is 0 Å². The third kappa shape index (κ3) is 7.48. The smallest absolute Gasteiger partial charge is 0.321 e. The molecule has 0 bridgehead atoms. The summed E-state index contributed by atoms with van der Waals surface area (Å²) in [5.74, 6) is 0.221. The summed E-state index contributed by atoms with van der Waals surface area (Å²) in [5.41, 5.74) is 0. The first-order chi connectivity index (χ1) is 10.2. The van der Waals surface area contributed by atoms with Gasteiger partial charge in [-0.25, -0.2) is 4.79 Å². The molecular formula is C14H23N3O4. The molecule has 0 spiro atoms. The second kappa shape index (κ2) is 9.95. The Bertz CT molecular complexity index is 420. The van der Waals surface area contributed by atoms with Crippen molar-refractivity contribution >= 4 is 11.9 Å². The van der Waals surface area contributed by atoms with E-state index in [0.29, 0.717) is 12.3 Å². The van der Waals surface area contributed by atoms with E-state index >= 15 is 0 Å². The molecule has 3 N–H and O–H groups in total. The third-order valence-corrected chi connectivity index (χ3v) is 2.87. The Kier molecular flexibility index (Phi) is 8.15.